The summed E-state index contributed by atoms with van der Waals surface area (Å²) in [6.45, 7) is 3.14. The Morgan fingerprint density at radius 3 is 2.63 bits per heavy atom. The van der Waals surface area contributed by atoms with Gasteiger partial charge in [-0.05, 0) is 6.42 Å². The predicted octanol–water partition coefficient (Wildman–Crippen LogP) is 0.451. The molecule has 2 atom stereocenters. The van der Waals surface area contributed by atoms with Crippen LogP contribution in [-0.4, -0.2) is 63.2 Å². The maximum Gasteiger partial charge on any atom is 0.326 e. The third kappa shape index (κ3) is 4.98. The number of carboxylic acid groups (broad SMARTS) is 2. The minimum Gasteiger partial charge on any atom is -0.481 e. The SMILES string of the molecule is CCC1CN(C(=O)NC(CC(=O)O)C(=O)O)CCS1. The van der Waals surface area contributed by atoms with E-state index in [2.05, 4.69) is 5.32 Å². The highest BCUT2D eigenvalue weighted by Gasteiger charge is 2.28. The molecule has 1 saturated heterocycles. The first-order valence-electron chi connectivity index (χ1n) is 6.05. The predicted molar refractivity (Wildman–Crippen MR) is 70.3 cm³/mol. The van der Waals surface area contributed by atoms with Gasteiger partial charge in [0.05, 0.1) is 6.42 Å². The number of carbonyl (C=O) groups excluding carboxylic acids is 1. The Morgan fingerprint density at radius 2 is 2.11 bits per heavy atom. The van der Waals surface area contributed by atoms with Gasteiger partial charge in [0.1, 0.15) is 6.04 Å². The van der Waals surface area contributed by atoms with Crippen LogP contribution in [0.3, 0.4) is 0 Å². The Kier molecular flexibility index (Phi) is 5.94. The van der Waals surface area contributed by atoms with E-state index >= 15 is 0 Å². The smallest absolute Gasteiger partial charge is 0.326 e. The van der Waals surface area contributed by atoms with Crippen molar-refractivity contribution in [2.75, 3.05) is 18.8 Å². The van der Waals surface area contributed by atoms with Gasteiger partial charge in [0.2, 0.25) is 0 Å². The quantitative estimate of drug-likeness (QED) is 0.678. The van der Waals surface area contributed by atoms with E-state index in [4.69, 9.17) is 10.2 Å². The lowest BCUT2D eigenvalue weighted by Crippen LogP contribution is -2.52. The van der Waals surface area contributed by atoms with Crippen LogP contribution in [0.15, 0.2) is 0 Å². The molecule has 2 unspecified atom stereocenters. The van der Waals surface area contributed by atoms with Gasteiger partial charge in [0.15, 0.2) is 0 Å². The van der Waals surface area contributed by atoms with Gasteiger partial charge in [0, 0.05) is 24.1 Å². The van der Waals surface area contributed by atoms with Gasteiger partial charge in [-0.2, -0.15) is 11.8 Å². The van der Waals surface area contributed by atoms with Crippen LogP contribution in [0.25, 0.3) is 0 Å². The second-order valence-electron chi connectivity index (χ2n) is 4.29. The Bertz CT molecular complexity index is 363. The molecule has 19 heavy (non-hydrogen) atoms. The summed E-state index contributed by atoms with van der Waals surface area (Å²) in [7, 11) is 0. The van der Waals surface area contributed by atoms with E-state index in [1.165, 1.54) is 0 Å². The van der Waals surface area contributed by atoms with E-state index in [1.54, 1.807) is 16.7 Å². The summed E-state index contributed by atoms with van der Waals surface area (Å²) in [4.78, 5) is 34.9. The van der Waals surface area contributed by atoms with Gasteiger partial charge in [-0.1, -0.05) is 6.92 Å². The van der Waals surface area contributed by atoms with Crippen LogP contribution < -0.4 is 5.32 Å². The number of rotatable bonds is 5. The highest BCUT2D eigenvalue weighted by molar-refractivity contribution is 8.00. The van der Waals surface area contributed by atoms with Gasteiger partial charge in [-0.25, -0.2) is 9.59 Å². The maximum absolute atomic E-state index is 11.9. The molecule has 1 aliphatic heterocycles. The Balaban J connectivity index is 2.56. The van der Waals surface area contributed by atoms with E-state index in [9.17, 15) is 14.4 Å². The third-order valence-corrected chi connectivity index (χ3v) is 4.23. The molecule has 0 aromatic carbocycles. The second kappa shape index (κ2) is 7.22. The molecule has 0 aromatic rings. The molecule has 108 valence electrons. The van der Waals surface area contributed by atoms with Crippen LogP contribution in [0.5, 0.6) is 0 Å². The van der Waals surface area contributed by atoms with Gasteiger partial charge >= 0.3 is 18.0 Å². The molecular weight excluding hydrogens is 272 g/mol. The second-order valence-corrected chi connectivity index (χ2v) is 5.69. The highest BCUT2D eigenvalue weighted by Crippen LogP contribution is 2.21. The normalized spacial score (nSPS) is 20.7. The summed E-state index contributed by atoms with van der Waals surface area (Å²) in [6, 6.07) is -1.90. The number of urea groups is 1. The van der Waals surface area contributed by atoms with Crippen LogP contribution in [0.2, 0.25) is 0 Å². The lowest BCUT2D eigenvalue weighted by Gasteiger charge is -2.32. The fourth-order valence-electron chi connectivity index (χ4n) is 1.77. The molecule has 3 N–H and O–H groups in total. The van der Waals surface area contributed by atoms with Crippen molar-refractivity contribution in [3.05, 3.63) is 0 Å². The molecule has 8 heteroatoms. The van der Waals surface area contributed by atoms with Crippen molar-refractivity contribution in [3.8, 4) is 0 Å². The number of aliphatic carboxylic acids is 2. The zero-order chi connectivity index (χ0) is 14.4. The van der Waals surface area contributed by atoms with E-state index < -0.39 is 30.4 Å². The minimum absolute atomic E-state index is 0.349. The van der Waals surface area contributed by atoms with Crippen LogP contribution in [0.1, 0.15) is 19.8 Å². The van der Waals surface area contributed by atoms with Crippen molar-refractivity contribution in [1.29, 1.82) is 0 Å². The number of hydrogen-bond donors (Lipinski definition) is 3. The van der Waals surface area contributed by atoms with E-state index in [0.29, 0.717) is 18.3 Å². The van der Waals surface area contributed by atoms with Gasteiger partial charge in [-0.3, -0.25) is 4.79 Å². The van der Waals surface area contributed by atoms with Crippen LogP contribution >= 0.6 is 11.8 Å². The third-order valence-electron chi connectivity index (χ3n) is 2.86. The lowest BCUT2D eigenvalue weighted by molar-refractivity contribution is -0.145. The summed E-state index contributed by atoms with van der Waals surface area (Å²) in [5, 5.41) is 20.1. The first-order chi connectivity index (χ1) is 8.93. The topological polar surface area (TPSA) is 107 Å². The molecule has 0 saturated carbocycles. The van der Waals surface area contributed by atoms with Crippen molar-refractivity contribution in [2.45, 2.75) is 31.1 Å². The molecule has 2 amide bonds. The van der Waals surface area contributed by atoms with Crippen LogP contribution in [0.4, 0.5) is 4.79 Å². The first kappa shape index (κ1) is 15.6. The molecule has 0 spiro atoms. The fraction of sp³-hybridized carbons (Fsp3) is 0.727. The van der Waals surface area contributed by atoms with Crippen molar-refractivity contribution >= 4 is 29.7 Å². The average molecular weight is 290 g/mol. The summed E-state index contributed by atoms with van der Waals surface area (Å²) in [5.74, 6) is -1.79. The van der Waals surface area contributed by atoms with Crippen molar-refractivity contribution in [2.24, 2.45) is 0 Å². The van der Waals surface area contributed by atoms with Crippen LogP contribution in [0, 0.1) is 0 Å². The Hall–Kier alpha value is -1.44. The summed E-state index contributed by atoms with van der Waals surface area (Å²) >= 11 is 1.79. The molecule has 1 aliphatic rings. The van der Waals surface area contributed by atoms with Gasteiger partial charge < -0.3 is 20.4 Å². The summed E-state index contributed by atoms with van der Waals surface area (Å²) < 4.78 is 0. The molecular formula is C11H18N2O5S. The molecule has 0 radical (unpaired) electrons. The van der Waals surface area contributed by atoms with E-state index in [1.807, 2.05) is 6.92 Å². The number of hydrogen-bond acceptors (Lipinski definition) is 4. The van der Waals surface area contributed by atoms with Gasteiger partial charge in [0.25, 0.3) is 0 Å². The van der Waals surface area contributed by atoms with Crippen molar-refractivity contribution < 1.29 is 24.6 Å². The monoisotopic (exact) mass is 290 g/mol. The summed E-state index contributed by atoms with van der Waals surface area (Å²) in [5.41, 5.74) is 0. The summed E-state index contributed by atoms with van der Waals surface area (Å²) in [6.07, 6.45) is 0.312. The molecule has 0 aliphatic carbocycles. The molecule has 0 aromatic heterocycles. The standard InChI is InChI=1S/C11H18N2O5S/c1-2-7-6-13(3-4-19-7)11(18)12-8(10(16)17)5-9(14)15/h7-8H,2-6H2,1H3,(H,12,18)(H,14,15)(H,16,17). The minimum atomic E-state index is -1.39. The first-order valence-corrected chi connectivity index (χ1v) is 7.10. The fourth-order valence-corrected chi connectivity index (χ4v) is 2.95. The molecule has 7 nitrogen and oxygen atoms in total. The number of amides is 2. The largest absolute Gasteiger partial charge is 0.481 e. The number of nitrogens with one attached hydrogen (secondary N) is 1. The van der Waals surface area contributed by atoms with Crippen molar-refractivity contribution in [3.63, 3.8) is 0 Å². The molecule has 1 fully saturated rings. The van der Waals surface area contributed by atoms with Gasteiger partial charge in [-0.15, -0.1) is 0 Å². The maximum atomic E-state index is 11.9. The molecule has 0 bridgehead atoms. The zero-order valence-electron chi connectivity index (χ0n) is 10.7. The average Bonchev–Trinajstić information content (AvgIpc) is 2.37. The Labute approximate surface area is 115 Å². The number of carbonyl (C=O) groups is 3. The molecule has 1 heterocycles. The van der Waals surface area contributed by atoms with Crippen molar-refractivity contribution in [1.82, 2.24) is 10.2 Å². The zero-order valence-corrected chi connectivity index (χ0v) is 11.5. The number of nitrogens with zero attached hydrogens (tertiary/aromatic N) is 1. The number of carboxylic acids is 2. The van der Waals surface area contributed by atoms with E-state index in [0.717, 1.165) is 12.2 Å². The Morgan fingerprint density at radius 1 is 1.42 bits per heavy atom. The van der Waals surface area contributed by atoms with Crippen LogP contribution in [-0.2, 0) is 9.59 Å². The highest BCUT2D eigenvalue weighted by atomic mass is 32.2. The lowest BCUT2D eigenvalue weighted by atomic mass is 10.2. The number of thioether (sulfide) groups is 1. The van der Waals surface area contributed by atoms with E-state index in [-0.39, 0.29) is 0 Å². The molecule has 1 rings (SSSR count).